The lowest BCUT2D eigenvalue weighted by atomic mass is 10.2. The third-order valence-corrected chi connectivity index (χ3v) is 6.22. The molecule has 154 valence electrons. The Morgan fingerprint density at radius 3 is 2.61 bits per heavy atom. The molecule has 31 heavy (non-hydrogen) atoms. The van der Waals surface area contributed by atoms with Gasteiger partial charge < -0.3 is 10.6 Å². The summed E-state index contributed by atoms with van der Waals surface area (Å²) in [5.41, 5.74) is 10.7. The molecule has 3 aromatic carbocycles. The number of hydrogen-bond donors (Lipinski definition) is 1. The summed E-state index contributed by atoms with van der Waals surface area (Å²) < 4.78 is 1.98. The van der Waals surface area contributed by atoms with Crippen molar-refractivity contribution >= 4 is 29.0 Å². The average molecular weight is 428 g/mol. The Morgan fingerprint density at radius 2 is 1.77 bits per heavy atom. The van der Waals surface area contributed by atoms with E-state index < -0.39 is 0 Å². The third kappa shape index (κ3) is 3.80. The first-order valence-corrected chi connectivity index (χ1v) is 11.1. The number of amides is 1. The maximum absolute atomic E-state index is 13.0. The highest BCUT2D eigenvalue weighted by atomic mass is 32.2. The van der Waals surface area contributed by atoms with Crippen LogP contribution in [0.2, 0.25) is 0 Å². The highest BCUT2D eigenvalue weighted by molar-refractivity contribution is 7.99. The number of para-hydroxylation sites is 2. The zero-order valence-corrected chi connectivity index (χ0v) is 17.6. The van der Waals surface area contributed by atoms with Crippen molar-refractivity contribution in [2.75, 3.05) is 22.9 Å². The number of nitrogens with two attached hydrogens (primary N) is 1. The molecule has 4 aromatic rings. The van der Waals surface area contributed by atoms with E-state index in [1.54, 1.807) is 0 Å². The van der Waals surface area contributed by atoms with Crippen LogP contribution in [0.15, 0.2) is 84.0 Å². The van der Waals surface area contributed by atoms with Crippen LogP contribution in [0.1, 0.15) is 5.56 Å². The van der Waals surface area contributed by atoms with E-state index in [1.807, 2.05) is 82.3 Å². The van der Waals surface area contributed by atoms with E-state index in [4.69, 9.17) is 5.73 Å². The number of aromatic nitrogens is 3. The van der Waals surface area contributed by atoms with Gasteiger partial charge in [0.15, 0.2) is 11.0 Å². The van der Waals surface area contributed by atoms with Gasteiger partial charge >= 0.3 is 0 Å². The number of benzene rings is 3. The van der Waals surface area contributed by atoms with Crippen molar-refractivity contribution in [2.24, 2.45) is 0 Å². The number of carbonyl (C=O) groups is 1. The summed E-state index contributed by atoms with van der Waals surface area (Å²) in [6, 6.07) is 25.6. The van der Waals surface area contributed by atoms with Crippen LogP contribution in [0.25, 0.3) is 17.1 Å². The maximum atomic E-state index is 13.0. The van der Waals surface area contributed by atoms with E-state index in [2.05, 4.69) is 16.3 Å². The monoisotopic (exact) mass is 427 g/mol. The summed E-state index contributed by atoms with van der Waals surface area (Å²) in [5, 5.41) is 9.50. The lowest BCUT2D eigenvalue weighted by Gasteiger charge is -2.17. The van der Waals surface area contributed by atoms with Crippen LogP contribution < -0.4 is 10.6 Å². The van der Waals surface area contributed by atoms with Crippen molar-refractivity contribution < 1.29 is 4.79 Å². The standard InChI is InChI=1S/C24H21N5OS/c25-19-9-6-8-18(15-19)23-26-27-24(29(23)20-10-2-1-3-11-20)31-16-22(30)28-14-13-17-7-4-5-12-21(17)28/h1-12,15H,13-14,16,25H2. The minimum Gasteiger partial charge on any atom is -0.399 e. The molecule has 6 nitrogen and oxygen atoms in total. The minimum absolute atomic E-state index is 0.0723. The Kier molecular flexibility index (Phi) is 5.18. The largest absolute Gasteiger partial charge is 0.399 e. The van der Waals surface area contributed by atoms with Crippen LogP contribution >= 0.6 is 11.8 Å². The predicted octanol–water partition coefficient (Wildman–Crippen LogP) is 4.20. The van der Waals surface area contributed by atoms with Crippen molar-refractivity contribution in [3.63, 3.8) is 0 Å². The summed E-state index contributed by atoms with van der Waals surface area (Å²) in [4.78, 5) is 14.8. The third-order valence-electron chi connectivity index (χ3n) is 5.31. The number of rotatable bonds is 5. The number of anilines is 2. The highest BCUT2D eigenvalue weighted by Gasteiger charge is 2.25. The second-order valence-corrected chi connectivity index (χ2v) is 8.26. The number of carbonyl (C=O) groups excluding carboxylic acids is 1. The quantitative estimate of drug-likeness (QED) is 0.382. The highest BCUT2D eigenvalue weighted by Crippen LogP contribution is 2.31. The van der Waals surface area contributed by atoms with Gasteiger partial charge in [0.25, 0.3) is 0 Å². The Morgan fingerprint density at radius 1 is 0.968 bits per heavy atom. The van der Waals surface area contributed by atoms with E-state index in [0.717, 1.165) is 29.9 Å². The molecule has 5 rings (SSSR count). The zero-order valence-electron chi connectivity index (χ0n) is 16.8. The molecule has 0 spiro atoms. The SMILES string of the molecule is Nc1cccc(-c2nnc(SCC(=O)N3CCc4ccccc43)n2-c2ccccc2)c1. The van der Waals surface area contributed by atoms with Gasteiger partial charge in [0.05, 0.1) is 5.75 Å². The van der Waals surface area contributed by atoms with Crippen molar-refractivity contribution in [1.82, 2.24) is 14.8 Å². The van der Waals surface area contributed by atoms with Crippen molar-refractivity contribution in [3.05, 3.63) is 84.4 Å². The molecule has 0 aliphatic carbocycles. The van der Waals surface area contributed by atoms with Gasteiger partial charge in [-0.1, -0.05) is 60.3 Å². The fraction of sp³-hybridized carbons (Fsp3) is 0.125. The van der Waals surface area contributed by atoms with Crippen LogP contribution in [0.3, 0.4) is 0 Å². The second-order valence-electron chi connectivity index (χ2n) is 7.32. The Bertz CT molecular complexity index is 1240. The fourth-order valence-corrected chi connectivity index (χ4v) is 4.67. The van der Waals surface area contributed by atoms with E-state index in [9.17, 15) is 4.79 Å². The van der Waals surface area contributed by atoms with Gasteiger partial charge in [0, 0.05) is 29.2 Å². The van der Waals surface area contributed by atoms with Crippen LogP contribution in [0, 0.1) is 0 Å². The molecule has 0 saturated heterocycles. The van der Waals surface area contributed by atoms with Crippen LogP contribution in [-0.4, -0.2) is 33.0 Å². The Hall–Kier alpha value is -3.58. The van der Waals surface area contributed by atoms with Crippen LogP contribution in [0.4, 0.5) is 11.4 Å². The number of fused-ring (bicyclic) bond motifs is 1. The number of nitrogen functional groups attached to an aromatic ring is 1. The van der Waals surface area contributed by atoms with Crippen molar-refractivity contribution in [3.8, 4) is 17.1 Å². The Labute approximate surface area is 184 Å². The molecular formula is C24H21N5OS. The van der Waals surface area contributed by atoms with E-state index in [-0.39, 0.29) is 11.7 Å². The number of hydrogen-bond acceptors (Lipinski definition) is 5. The predicted molar refractivity (Wildman–Crippen MR) is 124 cm³/mol. The first-order chi connectivity index (χ1) is 15.2. The van der Waals surface area contributed by atoms with Gasteiger partial charge in [0.1, 0.15) is 0 Å². The second kappa shape index (κ2) is 8.28. The van der Waals surface area contributed by atoms with Gasteiger partial charge in [-0.15, -0.1) is 10.2 Å². The molecule has 7 heteroatoms. The van der Waals surface area contributed by atoms with Gasteiger partial charge in [-0.05, 0) is 42.3 Å². The van der Waals surface area contributed by atoms with Crippen molar-refractivity contribution in [2.45, 2.75) is 11.6 Å². The molecular weight excluding hydrogens is 406 g/mol. The first kappa shape index (κ1) is 19.4. The molecule has 0 fully saturated rings. The fourth-order valence-electron chi connectivity index (χ4n) is 3.84. The topological polar surface area (TPSA) is 77.0 Å². The van der Waals surface area contributed by atoms with Crippen LogP contribution in [0.5, 0.6) is 0 Å². The number of thioether (sulfide) groups is 1. The molecule has 2 heterocycles. The summed E-state index contributed by atoms with van der Waals surface area (Å²) in [6.07, 6.45) is 0.895. The molecule has 0 radical (unpaired) electrons. The zero-order chi connectivity index (χ0) is 21.2. The lowest BCUT2D eigenvalue weighted by molar-refractivity contribution is -0.116. The minimum atomic E-state index is 0.0723. The number of nitrogens with zero attached hydrogens (tertiary/aromatic N) is 4. The molecule has 1 amide bonds. The summed E-state index contributed by atoms with van der Waals surface area (Å²) >= 11 is 1.40. The van der Waals surface area contributed by atoms with Gasteiger partial charge in [-0.3, -0.25) is 9.36 Å². The molecule has 0 atom stereocenters. The van der Waals surface area contributed by atoms with Gasteiger partial charge in [-0.25, -0.2) is 0 Å². The molecule has 0 saturated carbocycles. The summed E-state index contributed by atoms with van der Waals surface area (Å²) in [7, 11) is 0. The molecule has 0 unspecified atom stereocenters. The van der Waals surface area contributed by atoms with Gasteiger partial charge in [0.2, 0.25) is 5.91 Å². The van der Waals surface area contributed by atoms with Gasteiger partial charge in [-0.2, -0.15) is 0 Å². The van der Waals surface area contributed by atoms with E-state index >= 15 is 0 Å². The van der Waals surface area contributed by atoms with E-state index in [1.165, 1.54) is 17.3 Å². The molecule has 1 aromatic heterocycles. The average Bonchev–Trinajstić information content (AvgIpc) is 3.42. The van der Waals surface area contributed by atoms with Crippen LogP contribution in [-0.2, 0) is 11.2 Å². The summed E-state index contributed by atoms with van der Waals surface area (Å²) in [5.74, 6) is 1.05. The first-order valence-electron chi connectivity index (χ1n) is 10.1. The molecule has 0 bridgehead atoms. The van der Waals surface area contributed by atoms with Crippen molar-refractivity contribution in [1.29, 1.82) is 0 Å². The Balaban J connectivity index is 1.44. The van der Waals surface area contributed by atoms with E-state index in [0.29, 0.717) is 16.7 Å². The molecule has 1 aliphatic rings. The smallest absolute Gasteiger partial charge is 0.237 e. The summed E-state index contributed by atoms with van der Waals surface area (Å²) in [6.45, 7) is 0.721. The normalized spacial score (nSPS) is 12.7. The maximum Gasteiger partial charge on any atom is 0.237 e. The molecule has 2 N–H and O–H groups in total. The molecule has 1 aliphatic heterocycles. The lowest BCUT2D eigenvalue weighted by Crippen LogP contribution is -2.30.